The topological polar surface area (TPSA) is 66.6 Å². The van der Waals surface area contributed by atoms with Gasteiger partial charge < -0.3 is 10.8 Å². The average molecular weight is 338 g/mol. The molecule has 2 aromatic carbocycles. The van der Waals surface area contributed by atoms with Crippen molar-refractivity contribution in [3.63, 3.8) is 0 Å². The van der Waals surface area contributed by atoms with Crippen molar-refractivity contribution in [1.82, 2.24) is 0 Å². The van der Waals surface area contributed by atoms with E-state index in [0.29, 0.717) is 16.9 Å². The van der Waals surface area contributed by atoms with E-state index in [4.69, 9.17) is 5.73 Å². The molecule has 2 aromatic rings. The first-order valence-electron chi connectivity index (χ1n) is 7.13. The summed E-state index contributed by atoms with van der Waals surface area (Å²) in [5.41, 5.74) is 8.03. The number of rotatable bonds is 3. The van der Waals surface area contributed by atoms with Crippen molar-refractivity contribution in [1.29, 1.82) is 0 Å². The molecule has 3 N–H and O–H groups in total. The molecule has 0 saturated heterocycles. The number of hydrogen-bond acceptors (Lipinski definition) is 2. The Labute approximate surface area is 137 Å². The lowest BCUT2D eigenvalue weighted by Gasteiger charge is -2.21. The summed E-state index contributed by atoms with van der Waals surface area (Å²) in [5, 5.41) is 9.44. The van der Waals surface area contributed by atoms with Gasteiger partial charge in [-0.05, 0) is 54.8 Å². The fourth-order valence-electron chi connectivity index (χ4n) is 2.36. The second-order valence-corrected chi connectivity index (χ2v) is 5.56. The van der Waals surface area contributed by atoms with Gasteiger partial charge in [0.25, 0.3) is 0 Å². The highest BCUT2D eigenvalue weighted by molar-refractivity contribution is 5.87. The van der Waals surface area contributed by atoms with Crippen LogP contribution in [0.4, 0.5) is 29.3 Å². The largest absolute Gasteiger partial charge is 0.465 e. The number of carbonyl (C=O) groups is 1. The monoisotopic (exact) mass is 338 g/mol. The summed E-state index contributed by atoms with van der Waals surface area (Å²) >= 11 is 0. The second kappa shape index (κ2) is 6.43. The van der Waals surface area contributed by atoms with Gasteiger partial charge in [0.05, 0.1) is 12.1 Å². The van der Waals surface area contributed by atoms with Crippen molar-refractivity contribution in [2.45, 2.75) is 26.6 Å². The first-order chi connectivity index (χ1) is 11.1. The zero-order valence-corrected chi connectivity index (χ0v) is 13.2. The maximum atomic E-state index is 12.6. The van der Waals surface area contributed by atoms with E-state index < -0.39 is 17.8 Å². The van der Waals surface area contributed by atoms with Crippen molar-refractivity contribution in [3.8, 4) is 0 Å². The van der Waals surface area contributed by atoms with Gasteiger partial charge in [-0.15, -0.1) is 0 Å². The van der Waals surface area contributed by atoms with Gasteiger partial charge in [0, 0.05) is 11.4 Å². The van der Waals surface area contributed by atoms with Crippen LogP contribution in [0.1, 0.15) is 22.3 Å². The summed E-state index contributed by atoms with van der Waals surface area (Å²) in [6.07, 6.45) is -5.62. The SMILES string of the molecule is Cc1cc(N(Cc2ccc(C(F)(F)F)cc2)C(=O)O)cc(C)c1N. The number of anilines is 2. The van der Waals surface area contributed by atoms with E-state index in [1.807, 2.05) is 0 Å². The quantitative estimate of drug-likeness (QED) is 0.805. The Kier molecular flexibility index (Phi) is 4.73. The van der Waals surface area contributed by atoms with Crippen molar-refractivity contribution in [2.24, 2.45) is 0 Å². The van der Waals surface area contributed by atoms with Gasteiger partial charge in [-0.2, -0.15) is 13.2 Å². The minimum Gasteiger partial charge on any atom is -0.465 e. The predicted molar refractivity (Wildman–Crippen MR) is 86.0 cm³/mol. The van der Waals surface area contributed by atoms with E-state index in [1.165, 1.54) is 12.1 Å². The van der Waals surface area contributed by atoms with Crippen molar-refractivity contribution >= 4 is 17.5 Å². The lowest BCUT2D eigenvalue weighted by molar-refractivity contribution is -0.137. The van der Waals surface area contributed by atoms with Crippen LogP contribution in [-0.2, 0) is 12.7 Å². The van der Waals surface area contributed by atoms with Gasteiger partial charge in [0.1, 0.15) is 0 Å². The zero-order valence-electron chi connectivity index (χ0n) is 13.2. The molecule has 7 heteroatoms. The minimum atomic E-state index is -4.42. The Hall–Kier alpha value is -2.70. The number of aryl methyl sites for hydroxylation is 2. The van der Waals surface area contributed by atoms with E-state index in [0.717, 1.165) is 28.2 Å². The Morgan fingerprint density at radius 2 is 1.62 bits per heavy atom. The van der Waals surface area contributed by atoms with Gasteiger partial charge in [-0.1, -0.05) is 12.1 Å². The summed E-state index contributed by atoms with van der Waals surface area (Å²) < 4.78 is 37.8. The first-order valence-corrected chi connectivity index (χ1v) is 7.13. The molecule has 0 fully saturated rings. The molecule has 0 aliphatic rings. The number of carboxylic acid groups (broad SMARTS) is 1. The molecule has 0 spiro atoms. The molecule has 4 nitrogen and oxygen atoms in total. The van der Waals surface area contributed by atoms with Crippen LogP contribution >= 0.6 is 0 Å². The van der Waals surface area contributed by atoms with Crippen LogP contribution in [-0.4, -0.2) is 11.2 Å². The van der Waals surface area contributed by atoms with Gasteiger partial charge in [-0.25, -0.2) is 4.79 Å². The van der Waals surface area contributed by atoms with Crippen LogP contribution in [0.15, 0.2) is 36.4 Å². The highest BCUT2D eigenvalue weighted by Crippen LogP contribution is 2.30. The maximum Gasteiger partial charge on any atom is 0.416 e. The molecule has 0 bridgehead atoms. The first kappa shape index (κ1) is 17.7. The molecule has 2 rings (SSSR count). The van der Waals surface area contributed by atoms with E-state index in [2.05, 4.69) is 0 Å². The summed E-state index contributed by atoms with van der Waals surface area (Å²) in [4.78, 5) is 12.6. The third-order valence-electron chi connectivity index (χ3n) is 3.74. The Bertz CT molecular complexity index is 732. The van der Waals surface area contributed by atoms with Crippen molar-refractivity contribution < 1.29 is 23.1 Å². The van der Waals surface area contributed by atoms with Crippen LogP contribution in [0.3, 0.4) is 0 Å². The standard InChI is InChI=1S/C17H17F3N2O2/c1-10-7-14(8-11(2)15(10)21)22(16(23)24)9-12-3-5-13(6-4-12)17(18,19)20/h3-8H,9,21H2,1-2H3,(H,23,24). The van der Waals surface area contributed by atoms with E-state index in [-0.39, 0.29) is 6.54 Å². The van der Waals surface area contributed by atoms with Gasteiger partial charge in [0.2, 0.25) is 0 Å². The number of hydrogen-bond donors (Lipinski definition) is 2. The second-order valence-electron chi connectivity index (χ2n) is 5.56. The van der Waals surface area contributed by atoms with Gasteiger partial charge in [-0.3, -0.25) is 4.90 Å². The lowest BCUT2D eigenvalue weighted by atomic mass is 10.1. The Morgan fingerprint density at radius 3 is 2.04 bits per heavy atom. The highest BCUT2D eigenvalue weighted by Gasteiger charge is 2.30. The molecule has 0 heterocycles. The van der Waals surface area contributed by atoms with Crippen molar-refractivity contribution in [3.05, 3.63) is 58.7 Å². The number of nitrogens with two attached hydrogens (primary N) is 1. The summed E-state index contributed by atoms with van der Waals surface area (Å²) in [6, 6.07) is 7.70. The minimum absolute atomic E-state index is 0.0593. The molecule has 0 aliphatic heterocycles. The Balaban J connectivity index is 2.31. The van der Waals surface area contributed by atoms with Crippen LogP contribution in [0.2, 0.25) is 0 Å². The summed E-state index contributed by atoms with van der Waals surface area (Å²) in [5.74, 6) is 0. The molecule has 0 unspecified atom stereocenters. The van der Waals surface area contributed by atoms with E-state index >= 15 is 0 Å². The predicted octanol–water partition coefficient (Wildman–Crippen LogP) is 4.59. The van der Waals surface area contributed by atoms with Gasteiger partial charge >= 0.3 is 12.3 Å². The molecule has 1 amide bonds. The molecule has 0 saturated carbocycles. The number of alkyl halides is 3. The fourth-order valence-corrected chi connectivity index (χ4v) is 2.36. The molecule has 0 atom stereocenters. The number of nitrogens with zero attached hydrogens (tertiary/aromatic N) is 1. The third kappa shape index (κ3) is 3.79. The number of benzene rings is 2. The van der Waals surface area contributed by atoms with Crippen LogP contribution in [0, 0.1) is 13.8 Å². The molecule has 128 valence electrons. The van der Waals surface area contributed by atoms with E-state index in [1.54, 1.807) is 26.0 Å². The van der Waals surface area contributed by atoms with Crippen molar-refractivity contribution in [2.75, 3.05) is 10.6 Å². The number of halogens is 3. The highest BCUT2D eigenvalue weighted by atomic mass is 19.4. The molecular weight excluding hydrogens is 321 g/mol. The molecular formula is C17H17F3N2O2. The molecule has 0 aromatic heterocycles. The zero-order chi connectivity index (χ0) is 18.1. The normalized spacial score (nSPS) is 11.4. The molecule has 0 aliphatic carbocycles. The van der Waals surface area contributed by atoms with Gasteiger partial charge in [0.15, 0.2) is 0 Å². The average Bonchev–Trinajstić information content (AvgIpc) is 2.49. The molecule has 24 heavy (non-hydrogen) atoms. The summed E-state index contributed by atoms with van der Waals surface area (Å²) in [7, 11) is 0. The van der Waals surface area contributed by atoms with E-state index in [9.17, 15) is 23.1 Å². The van der Waals surface area contributed by atoms with Crippen LogP contribution < -0.4 is 10.6 Å². The fraction of sp³-hybridized carbons (Fsp3) is 0.235. The smallest absolute Gasteiger partial charge is 0.416 e. The molecule has 0 radical (unpaired) electrons. The number of nitrogen functional groups attached to an aromatic ring is 1. The number of amides is 1. The third-order valence-corrected chi connectivity index (χ3v) is 3.74. The summed E-state index contributed by atoms with van der Waals surface area (Å²) in [6.45, 7) is 3.48. The Morgan fingerprint density at radius 1 is 1.12 bits per heavy atom. The maximum absolute atomic E-state index is 12.6. The van der Waals surface area contributed by atoms with Crippen LogP contribution in [0.25, 0.3) is 0 Å². The van der Waals surface area contributed by atoms with Crippen LogP contribution in [0.5, 0.6) is 0 Å². The lowest BCUT2D eigenvalue weighted by Crippen LogP contribution is -2.28.